The summed E-state index contributed by atoms with van der Waals surface area (Å²) in [7, 11) is 0. The average Bonchev–Trinajstić information content (AvgIpc) is 3.67. The third kappa shape index (κ3) is 7.86. The van der Waals surface area contributed by atoms with Crippen molar-refractivity contribution in [3.63, 3.8) is 0 Å². The second-order valence-electron chi connectivity index (χ2n) is 10.2. The molecule has 0 spiro atoms. The van der Waals surface area contributed by atoms with E-state index in [1.807, 2.05) is 4.90 Å². The largest absolute Gasteiger partial charge is 0.476 e. The molecule has 0 aliphatic carbocycles. The Morgan fingerprint density at radius 3 is 2.51 bits per heavy atom. The third-order valence-corrected chi connectivity index (χ3v) is 7.09. The highest BCUT2D eigenvalue weighted by molar-refractivity contribution is 6.00. The van der Waals surface area contributed by atoms with E-state index in [1.165, 1.54) is 12.3 Å². The molecule has 0 unspecified atom stereocenters. The number of halogens is 4. The Hall–Kier alpha value is -4.51. The van der Waals surface area contributed by atoms with E-state index >= 15 is 0 Å². The fraction of sp³-hybridized carbons (Fsp3) is 0.281. The maximum absolute atomic E-state index is 14.4. The first kappa shape index (κ1) is 30.0. The van der Waals surface area contributed by atoms with E-state index in [1.54, 1.807) is 66.7 Å². The van der Waals surface area contributed by atoms with Crippen LogP contribution in [0.2, 0.25) is 0 Å². The first-order chi connectivity index (χ1) is 20.8. The number of likely N-dealkylation sites (tertiary alicyclic amines) is 1. The van der Waals surface area contributed by atoms with E-state index in [-0.39, 0.29) is 22.4 Å². The Morgan fingerprint density at radius 1 is 1.02 bits per heavy atom. The topological polar surface area (TPSA) is 83.1 Å². The minimum atomic E-state index is -4.50. The third-order valence-electron chi connectivity index (χ3n) is 7.09. The second-order valence-corrected chi connectivity index (χ2v) is 10.2. The summed E-state index contributed by atoms with van der Waals surface area (Å²) in [6.07, 6.45) is 1.21. The number of ether oxygens (including phenoxy) is 1. The lowest BCUT2D eigenvalue weighted by atomic mass is 9.88. The summed E-state index contributed by atoms with van der Waals surface area (Å²) in [5.41, 5.74) is 1.89. The van der Waals surface area contributed by atoms with Gasteiger partial charge < -0.3 is 15.0 Å². The zero-order chi connectivity index (χ0) is 30.2. The summed E-state index contributed by atoms with van der Waals surface area (Å²) in [5, 5.41) is 9.50. The molecule has 4 aromatic rings. The van der Waals surface area contributed by atoms with Crippen LogP contribution in [0.4, 0.5) is 17.6 Å². The van der Waals surface area contributed by atoms with E-state index in [9.17, 15) is 22.4 Å². The molecule has 43 heavy (non-hydrogen) atoms. The number of hydrogen-bond acceptors (Lipinski definition) is 5. The predicted octanol–water partition coefficient (Wildman–Crippen LogP) is 6.16. The number of allylic oxidation sites excluding steroid dienone is 1. The number of pyridine rings is 1. The van der Waals surface area contributed by atoms with Gasteiger partial charge in [-0.25, -0.2) is 4.98 Å². The zero-order valence-corrected chi connectivity index (χ0v) is 23.3. The van der Waals surface area contributed by atoms with Crippen molar-refractivity contribution in [3.8, 4) is 5.88 Å². The Morgan fingerprint density at radius 2 is 1.79 bits per heavy atom. The van der Waals surface area contributed by atoms with Crippen LogP contribution in [0.3, 0.4) is 0 Å². The van der Waals surface area contributed by atoms with Gasteiger partial charge in [0.25, 0.3) is 0 Å². The van der Waals surface area contributed by atoms with Gasteiger partial charge in [0.05, 0.1) is 17.3 Å². The lowest BCUT2D eigenvalue weighted by Gasteiger charge is -2.19. The van der Waals surface area contributed by atoms with Crippen molar-refractivity contribution in [2.45, 2.75) is 25.4 Å². The number of benzene rings is 2. The highest BCUT2D eigenvalue weighted by Crippen LogP contribution is 2.40. The smallest absolute Gasteiger partial charge is 0.393 e. The van der Waals surface area contributed by atoms with E-state index in [0.29, 0.717) is 47.8 Å². The predicted molar refractivity (Wildman–Crippen MR) is 157 cm³/mol. The van der Waals surface area contributed by atoms with Crippen molar-refractivity contribution < 1.29 is 27.1 Å². The Bertz CT molecular complexity index is 1590. The SMILES string of the molecule is O=C(/C=C/CNCCOc1ccc(/C(=C(/CC(F)(F)F)c2ccccc2)c2ccc3n[nH]c(F)c3c2)cn1)N1CCCC1. The number of hydrogen-bond donors (Lipinski definition) is 2. The molecule has 224 valence electrons. The molecule has 2 aromatic heterocycles. The van der Waals surface area contributed by atoms with Crippen LogP contribution in [0.5, 0.6) is 5.88 Å². The molecule has 1 amide bonds. The summed E-state index contributed by atoms with van der Waals surface area (Å²) in [5.74, 6) is -0.343. The molecule has 1 aliphatic heterocycles. The lowest BCUT2D eigenvalue weighted by molar-refractivity contribution is -0.125. The quantitative estimate of drug-likeness (QED) is 0.0943. The van der Waals surface area contributed by atoms with Crippen molar-refractivity contribution in [2.24, 2.45) is 0 Å². The van der Waals surface area contributed by atoms with Gasteiger partial charge in [0, 0.05) is 50.1 Å². The molecule has 2 N–H and O–H groups in total. The number of carbonyl (C=O) groups is 1. The number of amides is 1. The number of aromatic amines is 1. The highest BCUT2D eigenvalue weighted by Gasteiger charge is 2.32. The summed E-state index contributed by atoms with van der Waals surface area (Å²) in [6, 6.07) is 16.2. The van der Waals surface area contributed by atoms with Gasteiger partial charge in [0.15, 0.2) is 0 Å². The van der Waals surface area contributed by atoms with Gasteiger partial charge >= 0.3 is 6.18 Å². The lowest BCUT2D eigenvalue weighted by Crippen LogP contribution is -2.26. The van der Waals surface area contributed by atoms with E-state index < -0.39 is 18.5 Å². The Labute approximate surface area is 246 Å². The summed E-state index contributed by atoms with van der Waals surface area (Å²) in [4.78, 5) is 18.2. The van der Waals surface area contributed by atoms with Gasteiger partial charge in [-0.15, -0.1) is 0 Å². The van der Waals surface area contributed by atoms with E-state index in [0.717, 1.165) is 25.9 Å². The fourth-order valence-electron chi connectivity index (χ4n) is 5.05. The number of nitrogens with one attached hydrogen (secondary N) is 2. The maximum atomic E-state index is 14.4. The van der Waals surface area contributed by atoms with Crippen molar-refractivity contribution in [3.05, 3.63) is 102 Å². The second kappa shape index (κ2) is 13.6. The molecular weight excluding hydrogens is 562 g/mol. The molecule has 0 radical (unpaired) electrons. The highest BCUT2D eigenvalue weighted by atomic mass is 19.4. The molecule has 0 atom stereocenters. The number of alkyl halides is 3. The monoisotopic (exact) mass is 593 g/mol. The van der Waals surface area contributed by atoms with Crippen molar-refractivity contribution in [2.75, 3.05) is 32.8 Å². The van der Waals surface area contributed by atoms with Gasteiger partial charge in [-0.3, -0.25) is 9.89 Å². The number of rotatable bonds is 11. The van der Waals surface area contributed by atoms with Crippen LogP contribution >= 0.6 is 0 Å². The number of H-pyrrole nitrogens is 1. The van der Waals surface area contributed by atoms with Crippen LogP contribution in [0.15, 0.2) is 79.0 Å². The number of fused-ring (bicyclic) bond motifs is 1. The number of nitrogens with zero attached hydrogens (tertiary/aromatic N) is 3. The molecule has 1 saturated heterocycles. The van der Waals surface area contributed by atoms with Crippen molar-refractivity contribution in [1.82, 2.24) is 25.4 Å². The minimum Gasteiger partial charge on any atom is -0.476 e. The van der Waals surface area contributed by atoms with Crippen molar-refractivity contribution >= 4 is 28.0 Å². The molecular formula is C32H31F4N5O2. The van der Waals surface area contributed by atoms with Gasteiger partial charge in [0.2, 0.25) is 17.7 Å². The molecule has 1 aliphatic rings. The summed E-state index contributed by atoms with van der Waals surface area (Å²) >= 11 is 0. The molecule has 3 heterocycles. The molecule has 11 heteroatoms. The molecule has 0 saturated carbocycles. The zero-order valence-electron chi connectivity index (χ0n) is 23.3. The summed E-state index contributed by atoms with van der Waals surface area (Å²) in [6.45, 7) is 2.91. The van der Waals surface area contributed by atoms with Crippen LogP contribution in [0, 0.1) is 5.95 Å². The summed E-state index contributed by atoms with van der Waals surface area (Å²) < 4.78 is 61.8. The van der Waals surface area contributed by atoms with Gasteiger partial charge in [0.1, 0.15) is 6.61 Å². The van der Waals surface area contributed by atoms with Gasteiger partial charge in [-0.1, -0.05) is 42.5 Å². The number of carbonyl (C=O) groups excluding carboxylic acids is 1. The fourth-order valence-corrected chi connectivity index (χ4v) is 5.05. The van der Waals surface area contributed by atoms with Crippen LogP contribution in [-0.4, -0.2) is 65.0 Å². The number of aromatic nitrogens is 3. The standard InChI is InChI=1S/C32H31F4N5O2/c33-31-25-19-23(10-12-27(25)39-40-31)30(26(20-32(34,35)36)22-7-2-1-3-8-22)24-11-13-28(38-21-24)43-18-15-37-14-6-9-29(42)41-16-4-5-17-41/h1-3,6-13,19,21,37H,4-5,14-18,20H2,(H,39,40)/b9-6+,30-26-. The van der Waals surface area contributed by atoms with Gasteiger partial charge in [-0.2, -0.15) is 22.7 Å². The van der Waals surface area contributed by atoms with Crippen LogP contribution in [-0.2, 0) is 4.79 Å². The van der Waals surface area contributed by atoms with Crippen LogP contribution in [0.1, 0.15) is 36.0 Å². The first-order valence-corrected chi connectivity index (χ1v) is 14.0. The molecule has 7 nitrogen and oxygen atoms in total. The molecule has 2 aromatic carbocycles. The van der Waals surface area contributed by atoms with Gasteiger partial charge in [-0.05, 0) is 53.3 Å². The Balaban J connectivity index is 1.34. The first-order valence-electron chi connectivity index (χ1n) is 14.0. The van der Waals surface area contributed by atoms with E-state index in [4.69, 9.17) is 4.74 Å². The average molecular weight is 594 g/mol. The molecule has 5 rings (SSSR count). The molecule has 1 fully saturated rings. The van der Waals surface area contributed by atoms with E-state index in [2.05, 4.69) is 20.5 Å². The normalized spacial score (nSPS) is 14.5. The molecule has 0 bridgehead atoms. The van der Waals surface area contributed by atoms with Crippen LogP contribution in [0.25, 0.3) is 22.0 Å². The minimum absolute atomic E-state index is 0.0220. The maximum Gasteiger partial charge on any atom is 0.393 e. The van der Waals surface area contributed by atoms with Crippen LogP contribution < -0.4 is 10.1 Å². The van der Waals surface area contributed by atoms with Crippen molar-refractivity contribution in [1.29, 1.82) is 0 Å². The Kier molecular flexibility index (Phi) is 9.51.